The molecule has 2 rings (SSSR count). The van der Waals surface area contributed by atoms with Gasteiger partial charge in [0, 0.05) is 18.7 Å². The molecule has 11 heteroatoms. The molecule has 2 N–H and O–H groups in total. The first-order valence-electron chi connectivity index (χ1n) is 7.28. The fourth-order valence-electron chi connectivity index (χ4n) is 2.94. The minimum atomic E-state index is -5.31. The summed E-state index contributed by atoms with van der Waals surface area (Å²) in [6, 6.07) is 0. The number of carbonyl (C=O) groups is 4. The maximum absolute atomic E-state index is 13.7. The number of halogens is 3. The van der Waals surface area contributed by atoms with E-state index in [-0.39, 0.29) is 18.9 Å². The fourth-order valence-corrected chi connectivity index (χ4v) is 2.94. The summed E-state index contributed by atoms with van der Waals surface area (Å²) < 4.78 is 45.5. The van der Waals surface area contributed by atoms with Crippen molar-refractivity contribution >= 4 is 23.7 Å². The first-order chi connectivity index (χ1) is 11.5. The highest BCUT2D eigenvalue weighted by Gasteiger charge is 2.72. The van der Waals surface area contributed by atoms with Gasteiger partial charge in [-0.2, -0.15) is 13.2 Å². The highest BCUT2D eigenvalue weighted by Crippen LogP contribution is 2.43. The number of hydrogen-bond donors (Lipinski definition) is 2. The van der Waals surface area contributed by atoms with Crippen molar-refractivity contribution in [2.45, 2.75) is 24.6 Å². The van der Waals surface area contributed by atoms with Gasteiger partial charge in [-0.05, 0) is 6.42 Å². The van der Waals surface area contributed by atoms with Crippen LogP contribution in [-0.2, 0) is 23.9 Å². The molecule has 0 saturated carbocycles. The van der Waals surface area contributed by atoms with Crippen molar-refractivity contribution in [2.75, 3.05) is 20.2 Å². The predicted molar refractivity (Wildman–Crippen MR) is 75.5 cm³/mol. The van der Waals surface area contributed by atoms with Crippen molar-refractivity contribution < 1.29 is 37.1 Å². The van der Waals surface area contributed by atoms with Gasteiger partial charge < -0.3 is 20.3 Å². The van der Waals surface area contributed by atoms with Crippen molar-refractivity contribution in [2.24, 2.45) is 5.92 Å². The van der Waals surface area contributed by atoms with Crippen LogP contribution in [0.3, 0.4) is 0 Å². The number of likely N-dealkylation sites (tertiary alicyclic amines) is 1. The summed E-state index contributed by atoms with van der Waals surface area (Å²) >= 11 is 0. The zero-order valence-electron chi connectivity index (χ0n) is 13.2. The normalized spacial score (nSPS) is 26.6. The molecule has 138 valence electrons. The largest absolute Gasteiger partial charge is 0.468 e. The highest BCUT2D eigenvalue weighted by atomic mass is 19.4. The van der Waals surface area contributed by atoms with Crippen molar-refractivity contribution in [3.8, 4) is 0 Å². The van der Waals surface area contributed by atoms with Crippen molar-refractivity contribution in [3.63, 3.8) is 0 Å². The number of esters is 1. The molecule has 2 aliphatic heterocycles. The van der Waals surface area contributed by atoms with Gasteiger partial charge in [0.25, 0.3) is 5.91 Å². The summed E-state index contributed by atoms with van der Waals surface area (Å²) in [5.74, 6) is -6.78. The molecule has 0 aromatic carbocycles. The van der Waals surface area contributed by atoms with E-state index >= 15 is 0 Å². The molecule has 2 fully saturated rings. The van der Waals surface area contributed by atoms with Crippen LogP contribution in [0.15, 0.2) is 12.3 Å². The Hall–Kier alpha value is -2.59. The molecule has 3 amide bonds. The molecular weight excluding hydrogens is 347 g/mol. The van der Waals surface area contributed by atoms with Crippen molar-refractivity contribution in [1.82, 2.24) is 15.5 Å². The van der Waals surface area contributed by atoms with E-state index in [2.05, 4.69) is 11.3 Å². The van der Waals surface area contributed by atoms with Gasteiger partial charge in [-0.25, -0.2) is 0 Å². The highest BCUT2D eigenvalue weighted by molar-refractivity contribution is 6.03. The van der Waals surface area contributed by atoms with E-state index in [1.54, 1.807) is 5.32 Å². The molecule has 0 aromatic rings. The zero-order valence-corrected chi connectivity index (χ0v) is 13.2. The lowest BCUT2D eigenvalue weighted by Gasteiger charge is -2.34. The Morgan fingerprint density at radius 2 is 2.08 bits per heavy atom. The Balaban J connectivity index is 2.35. The van der Waals surface area contributed by atoms with Crippen molar-refractivity contribution in [1.29, 1.82) is 0 Å². The lowest BCUT2D eigenvalue weighted by Crippen LogP contribution is -2.68. The second-order valence-corrected chi connectivity index (χ2v) is 5.71. The summed E-state index contributed by atoms with van der Waals surface area (Å²) in [6.45, 7) is 2.82. The Bertz CT molecular complexity index is 648. The first-order valence-corrected chi connectivity index (χ1v) is 7.28. The Morgan fingerprint density at radius 1 is 1.44 bits per heavy atom. The van der Waals surface area contributed by atoms with Crippen molar-refractivity contribution in [3.05, 3.63) is 12.3 Å². The topological polar surface area (TPSA) is 105 Å². The van der Waals surface area contributed by atoms with Gasteiger partial charge in [-0.15, -0.1) is 0 Å². The second-order valence-electron chi connectivity index (χ2n) is 5.71. The van der Waals surface area contributed by atoms with E-state index in [0.29, 0.717) is 6.42 Å². The first kappa shape index (κ1) is 18.7. The van der Waals surface area contributed by atoms with Gasteiger partial charge in [-0.1, -0.05) is 6.58 Å². The van der Waals surface area contributed by atoms with E-state index in [4.69, 9.17) is 0 Å². The lowest BCUT2D eigenvalue weighted by molar-refractivity contribution is -0.209. The third-order valence-electron chi connectivity index (χ3n) is 4.14. The number of alkyl halides is 3. The maximum Gasteiger partial charge on any atom is 0.421 e. The van der Waals surface area contributed by atoms with Crippen LogP contribution in [0.2, 0.25) is 0 Å². The van der Waals surface area contributed by atoms with E-state index in [0.717, 1.165) is 12.0 Å². The second kappa shape index (κ2) is 6.37. The fraction of sp³-hybridized carbons (Fsp3) is 0.571. The molecule has 2 atom stereocenters. The third-order valence-corrected chi connectivity index (χ3v) is 4.14. The van der Waals surface area contributed by atoms with E-state index < -0.39 is 47.7 Å². The molecule has 8 nitrogen and oxygen atoms in total. The predicted octanol–water partition coefficient (Wildman–Crippen LogP) is -0.541. The number of hydrogen-bond acceptors (Lipinski definition) is 5. The molecule has 0 aromatic heterocycles. The minimum Gasteiger partial charge on any atom is -0.468 e. The molecule has 2 aliphatic rings. The molecule has 2 heterocycles. The van der Waals surface area contributed by atoms with Gasteiger partial charge in [0.2, 0.25) is 17.4 Å². The number of amides is 3. The molecule has 0 bridgehead atoms. The summed E-state index contributed by atoms with van der Waals surface area (Å²) in [5.41, 5.74) is -4.08. The number of carbonyl (C=O) groups excluding carboxylic acids is 4. The minimum absolute atomic E-state index is 0.194. The Morgan fingerprint density at radius 3 is 2.56 bits per heavy atom. The molecule has 2 saturated heterocycles. The number of nitrogens with one attached hydrogen (secondary N) is 2. The third kappa shape index (κ3) is 3.05. The monoisotopic (exact) mass is 363 g/mol. The van der Waals surface area contributed by atoms with E-state index in [9.17, 15) is 32.3 Å². The Kier molecular flexibility index (Phi) is 4.78. The molecule has 25 heavy (non-hydrogen) atoms. The van der Waals surface area contributed by atoms with Crippen LogP contribution in [0.4, 0.5) is 13.2 Å². The number of nitrogens with zero attached hydrogens (tertiary/aromatic N) is 1. The van der Waals surface area contributed by atoms with Crippen LogP contribution in [0.25, 0.3) is 0 Å². The van der Waals surface area contributed by atoms with Crippen LogP contribution in [0.5, 0.6) is 0 Å². The van der Waals surface area contributed by atoms with E-state index in [1.807, 2.05) is 5.32 Å². The van der Waals surface area contributed by atoms with Gasteiger partial charge in [0.15, 0.2) is 0 Å². The molecule has 0 spiro atoms. The maximum atomic E-state index is 13.7. The average molecular weight is 363 g/mol. The average Bonchev–Trinajstić information content (AvgIpc) is 3.00. The summed E-state index contributed by atoms with van der Waals surface area (Å²) in [6.07, 6.45) is -4.63. The van der Waals surface area contributed by atoms with Gasteiger partial charge in [0.1, 0.15) is 5.92 Å². The standard InChI is InChI=1S/C14H16F3N3O5/c1-7-10(11(23)25-2)13(12(24)18-7,14(15,16)17)19-8(21)6-20-5-3-4-9(20)22/h10H,1,3-6H2,2H3,(H,18,24)(H,19,21)/t10-,13+/m0/s1. The summed E-state index contributed by atoms with van der Waals surface area (Å²) in [5, 5.41) is 3.43. The molecular formula is C14H16F3N3O5. The van der Waals surface area contributed by atoms with Crippen LogP contribution < -0.4 is 10.6 Å². The Labute approximate surface area is 140 Å². The lowest BCUT2D eigenvalue weighted by atomic mass is 9.84. The quantitative estimate of drug-likeness (QED) is 0.653. The SMILES string of the molecule is C=C1NC(=O)[C@@](NC(=O)CN2CCCC2=O)(C(F)(F)F)[C@@H]1C(=O)OC. The molecule has 0 radical (unpaired) electrons. The molecule has 0 aliphatic carbocycles. The molecule has 0 unspecified atom stereocenters. The smallest absolute Gasteiger partial charge is 0.421 e. The van der Waals surface area contributed by atoms with Gasteiger partial charge in [0.05, 0.1) is 13.7 Å². The number of ether oxygens (including phenoxy) is 1. The van der Waals surface area contributed by atoms with Crippen LogP contribution in [-0.4, -0.2) is 60.5 Å². The summed E-state index contributed by atoms with van der Waals surface area (Å²) in [7, 11) is 0.851. The summed E-state index contributed by atoms with van der Waals surface area (Å²) in [4.78, 5) is 48.5. The zero-order chi connectivity index (χ0) is 19.0. The van der Waals surface area contributed by atoms with Gasteiger partial charge >= 0.3 is 12.1 Å². The number of rotatable bonds is 4. The van der Waals surface area contributed by atoms with E-state index in [1.165, 1.54) is 0 Å². The number of methoxy groups -OCH3 is 1. The van der Waals surface area contributed by atoms with Gasteiger partial charge in [-0.3, -0.25) is 19.2 Å². The van der Waals surface area contributed by atoms with Crippen LogP contribution in [0.1, 0.15) is 12.8 Å². The van der Waals surface area contributed by atoms with Crippen LogP contribution >= 0.6 is 0 Å². The van der Waals surface area contributed by atoms with Crippen LogP contribution in [0, 0.1) is 5.92 Å².